The highest BCUT2D eigenvalue weighted by atomic mass is 16.5. The molecular weight excluding hydrogens is 282 g/mol. The van der Waals surface area contributed by atoms with E-state index in [0.717, 1.165) is 39.2 Å². The van der Waals surface area contributed by atoms with Crippen molar-refractivity contribution in [3.05, 3.63) is 0 Å². The van der Waals surface area contributed by atoms with Crippen LogP contribution in [0.3, 0.4) is 0 Å². The fraction of sp³-hybridized carbons (Fsp3) is 0.875. The van der Waals surface area contributed by atoms with E-state index in [2.05, 4.69) is 11.9 Å². The summed E-state index contributed by atoms with van der Waals surface area (Å²) in [5.41, 5.74) is 0. The number of nitrogens with zero attached hydrogens (tertiary/aromatic N) is 3. The fourth-order valence-electron chi connectivity index (χ4n) is 3.25. The first kappa shape index (κ1) is 15.7. The largest absolute Gasteiger partial charge is 0.374 e. The standard InChI is InChI=1S/C16H27N3O3/c1-17-7-8-22-14(10-17)11-19(9-13-4-5-13)16(21)12-18-6-2-3-15(18)20/h13-14H,2-12H2,1H3. The quantitative estimate of drug-likeness (QED) is 0.702. The number of carbonyl (C=O) groups excluding carboxylic acids is 2. The average molecular weight is 309 g/mol. The summed E-state index contributed by atoms with van der Waals surface area (Å²) in [6.45, 7) is 5.01. The lowest BCUT2D eigenvalue weighted by Crippen LogP contribution is -2.50. The predicted octanol–water partition coefficient (Wildman–Crippen LogP) is 0.178. The van der Waals surface area contributed by atoms with Gasteiger partial charge in [-0.3, -0.25) is 9.59 Å². The Hall–Kier alpha value is -1.14. The molecule has 2 aliphatic heterocycles. The van der Waals surface area contributed by atoms with Crippen molar-refractivity contribution in [3.63, 3.8) is 0 Å². The second kappa shape index (κ2) is 6.96. The van der Waals surface area contributed by atoms with Crippen molar-refractivity contribution in [2.45, 2.75) is 31.8 Å². The summed E-state index contributed by atoms with van der Waals surface area (Å²) < 4.78 is 5.81. The van der Waals surface area contributed by atoms with Crippen molar-refractivity contribution in [3.8, 4) is 0 Å². The summed E-state index contributed by atoms with van der Waals surface area (Å²) >= 11 is 0. The van der Waals surface area contributed by atoms with Gasteiger partial charge in [-0.15, -0.1) is 0 Å². The van der Waals surface area contributed by atoms with Crippen LogP contribution in [0.15, 0.2) is 0 Å². The Labute approximate surface area is 132 Å². The van der Waals surface area contributed by atoms with Gasteiger partial charge >= 0.3 is 0 Å². The van der Waals surface area contributed by atoms with E-state index in [1.807, 2.05) is 4.90 Å². The lowest BCUT2D eigenvalue weighted by molar-refractivity contribution is -0.140. The molecule has 0 aromatic rings. The Bertz CT molecular complexity index is 425. The molecule has 0 radical (unpaired) electrons. The van der Waals surface area contributed by atoms with Gasteiger partial charge in [-0.05, 0) is 32.2 Å². The molecule has 6 heteroatoms. The Morgan fingerprint density at radius 3 is 2.77 bits per heavy atom. The van der Waals surface area contributed by atoms with Crippen molar-refractivity contribution < 1.29 is 14.3 Å². The van der Waals surface area contributed by atoms with Crippen LogP contribution in [0.2, 0.25) is 0 Å². The van der Waals surface area contributed by atoms with E-state index in [9.17, 15) is 9.59 Å². The van der Waals surface area contributed by atoms with Gasteiger partial charge in [0.2, 0.25) is 11.8 Å². The molecule has 1 aliphatic carbocycles. The van der Waals surface area contributed by atoms with Crippen LogP contribution < -0.4 is 0 Å². The summed E-state index contributed by atoms with van der Waals surface area (Å²) in [7, 11) is 2.09. The van der Waals surface area contributed by atoms with Crippen LogP contribution in [-0.4, -0.2) is 85.5 Å². The van der Waals surface area contributed by atoms with Crippen LogP contribution in [0.5, 0.6) is 0 Å². The van der Waals surface area contributed by atoms with E-state index in [1.54, 1.807) is 4.90 Å². The maximum atomic E-state index is 12.6. The van der Waals surface area contributed by atoms with E-state index in [-0.39, 0.29) is 24.5 Å². The third-order valence-electron chi connectivity index (χ3n) is 4.79. The van der Waals surface area contributed by atoms with Gasteiger partial charge < -0.3 is 19.4 Å². The highest BCUT2D eigenvalue weighted by molar-refractivity contribution is 5.85. The normalized spacial score (nSPS) is 26.5. The third kappa shape index (κ3) is 4.20. The molecule has 3 fully saturated rings. The average Bonchev–Trinajstić information content (AvgIpc) is 3.21. The number of likely N-dealkylation sites (tertiary alicyclic amines) is 1. The van der Waals surface area contributed by atoms with Crippen LogP contribution in [0, 0.1) is 5.92 Å². The van der Waals surface area contributed by atoms with Crippen molar-refractivity contribution in [2.24, 2.45) is 5.92 Å². The molecule has 6 nitrogen and oxygen atoms in total. The van der Waals surface area contributed by atoms with Gasteiger partial charge in [-0.25, -0.2) is 0 Å². The van der Waals surface area contributed by atoms with Gasteiger partial charge in [0.25, 0.3) is 0 Å². The first-order valence-corrected chi connectivity index (χ1v) is 8.47. The maximum Gasteiger partial charge on any atom is 0.242 e. The SMILES string of the molecule is CN1CCOC(CN(CC2CC2)C(=O)CN2CCCC2=O)C1. The minimum Gasteiger partial charge on any atom is -0.374 e. The molecule has 0 N–H and O–H groups in total. The Morgan fingerprint density at radius 1 is 1.32 bits per heavy atom. The topological polar surface area (TPSA) is 53.1 Å². The molecule has 22 heavy (non-hydrogen) atoms. The van der Waals surface area contributed by atoms with Gasteiger partial charge in [-0.2, -0.15) is 0 Å². The number of morpholine rings is 1. The molecule has 1 saturated carbocycles. The molecule has 0 spiro atoms. The van der Waals surface area contributed by atoms with Crippen LogP contribution in [0.4, 0.5) is 0 Å². The first-order valence-electron chi connectivity index (χ1n) is 8.47. The lowest BCUT2D eigenvalue weighted by atomic mass is 10.2. The molecule has 0 bridgehead atoms. The van der Waals surface area contributed by atoms with Crippen molar-refractivity contribution in [1.29, 1.82) is 0 Å². The van der Waals surface area contributed by atoms with E-state index < -0.39 is 0 Å². The maximum absolute atomic E-state index is 12.6. The van der Waals surface area contributed by atoms with E-state index in [0.29, 0.717) is 18.9 Å². The molecule has 0 aromatic carbocycles. The Kier molecular flexibility index (Phi) is 4.98. The first-order chi connectivity index (χ1) is 10.6. The van der Waals surface area contributed by atoms with Crippen LogP contribution >= 0.6 is 0 Å². The Balaban J connectivity index is 1.55. The van der Waals surface area contributed by atoms with E-state index in [4.69, 9.17) is 4.74 Å². The van der Waals surface area contributed by atoms with Gasteiger partial charge in [0.1, 0.15) is 0 Å². The predicted molar refractivity (Wildman–Crippen MR) is 82.4 cm³/mol. The molecule has 2 saturated heterocycles. The molecule has 1 atom stereocenters. The molecular formula is C16H27N3O3. The van der Waals surface area contributed by atoms with Crippen molar-refractivity contribution >= 4 is 11.8 Å². The van der Waals surface area contributed by atoms with Gasteiger partial charge in [-0.1, -0.05) is 0 Å². The molecule has 124 valence electrons. The van der Waals surface area contributed by atoms with E-state index >= 15 is 0 Å². The summed E-state index contributed by atoms with van der Waals surface area (Å²) in [5.74, 6) is 0.854. The number of ether oxygens (including phenoxy) is 1. The Morgan fingerprint density at radius 2 is 2.14 bits per heavy atom. The highest BCUT2D eigenvalue weighted by Gasteiger charge is 2.31. The number of rotatable bonds is 6. The molecule has 0 aromatic heterocycles. The third-order valence-corrected chi connectivity index (χ3v) is 4.79. The minimum atomic E-state index is 0.0824. The van der Waals surface area contributed by atoms with Gasteiger partial charge in [0.05, 0.1) is 19.3 Å². The minimum absolute atomic E-state index is 0.0824. The zero-order chi connectivity index (χ0) is 15.5. The summed E-state index contributed by atoms with van der Waals surface area (Å²) in [4.78, 5) is 30.2. The summed E-state index contributed by atoms with van der Waals surface area (Å²) in [6, 6.07) is 0. The number of hydrogen-bond acceptors (Lipinski definition) is 4. The monoisotopic (exact) mass is 309 g/mol. The molecule has 3 rings (SSSR count). The molecule has 3 aliphatic rings. The number of hydrogen-bond donors (Lipinski definition) is 0. The number of likely N-dealkylation sites (N-methyl/N-ethyl adjacent to an activating group) is 1. The van der Waals surface area contributed by atoms with Crippen LogP contribution in [0.25, 0.3) is 0 Å². The van der Waals surface area contributed by atoms with Crippen molar-refractivity contribution in [2.75, 3.05) is 52.9 Å². The van der Waals surface area contributed by atoms with Crippen LogP contribution in [-0.2, 0) is 14.3 Å². The zero-order valence-corrected chi connectivity index (χ0v) is 13.5. The second-order valence-corrected chi connectivity index (χ2v) is 6.92. The molecule has 2 amide bonds. The fourth-order valence-corrected chi connectivity index (χ4v) is 3.25. The second-order valence-electron chi connectivity index (χ2n) is 6.92. The zero-order valence-electron chi connectivity index (χ0n) is 13.5. The van der Waals surface area contributed by atoms with Crippen molar-refractivity contribution in [1.82, 2.24) is 14.7 Å². The summed E-state index contributed by atoms with van der Waals surface area (Å²) in [6.07, 6.45) is 4.00. The number of amides is 2. The molecule has 1 unspecified atom stereocenters. The smallest absolute Gasteiger partial charge is 0.242 e. The number of carbonyl (C=O) groups is 2. The lowest BCUT2D eigenvalue weighted by Gasteiger charge is -2.34. The van der Waals surface area contributed by atoms with Crippen LogP contribution in [0.1, 0.15) is 25.7 Å². The summed E-state index contributed by atoms with van der Waals surface area (Å²) in [5, 5.41) is 0. The highest BCUT2D eigenvalue weighted by Crippen LogP contribution is 2.30. The molecule has 2 heterocycles. The van der Waals surface area contributed by atoms with E-state index in [1.165, 1.54) is 12.8 Å². The van der Waals surface area contributed by atoms with Gasteiger partial charge in [0, 0.05) is 39.1 Å². The van der Waals surface area contributed by atoms with Gasteiger partial charge in [0.15, 0.2) is 0 Å².